The van der Waals surface area contributed by atoms with Crippen molar-refractivity contribution in [1.82, 2.24) is 14.2 Å². The summed E-state index contributed by atoms with van der Waals surface area (Å²) in [4.78, 5) is 25.7. The summed E-state index contributed by atoms with van der Waals surface area (Å²) in [5.74, 6) is -0.502. The van der Waals surface area contributed by atoms with Crippen LogP contribution in [-0.2, 0) is 17.7 Å². The second-order valence-electron chi connectivity index (χ2n) is 8.41. The number of esters is 1. The third-order valence-electron chi connectivity index (χ3n) is 6.01. The molecule has 35 heavy (non-hydrogen) atoms. The number of hydrogen-bond donors (Lipinski definition) is 0. The maximum absolute atomic E-state index is 13.1. The van der Waals surface area contributed by atoms with Crippen LogP contribution in [0.2, 0.25) is 0 Å². The first kappa shape index (κ1) is 24.0. The van der Waals surface area contributed by atoms with Gasteiger partial charge >= 0.3 is 5.97 Å². The largest absolute Gasteiger partial charge is 0.462 e. The van der Waals surface area contributed by atoms with Crippen molar-refractivity contribution in [3.05, 3.63) is 93.5 Å². The molecule has 0 bridgehead atoms. The molecule has 0 unspecified atom stereocenters. The molecule has 0 saturated carbocycles. The highest BCUT2D eigenvalue weighted by atomic mass is 16.5. The number of aryl methyl sites for hydroxylation is 1. The fourth-order valence-corrected chi connectivity index (χ4v) is 4.24. The zero-order chi connectivity index (χ0) is 24.8. The fourth-order valence-electron chi connectivity index (χ4n) is 4.24. The van der Waals surface area contributed by atoms with Crippen LogP contribution in [0.5, 0.6) is 0 Å². The van der Waals surface area contributed by atoms with Gasteiger partial charge in [0.1, 0.15) is 5.56 Å². The maximum atomic E-state index is 13.1. The van der Waals surface area contributed by atoms with E-state index in [1.165, 1.54) is 10.7 Å². The summed E-state index contributed by atoms with van der Waals surface area (Å²) in [6, 6.07) is 17.7. The van der Waals surface area contributed by atoms with E-state index in [0.717, 1.165) is 36.0 Å². The molecule has 2 heterocycles. The molecule has 0 N–H and O–H groups in total. The number of hydrogen-bond acceptors (Lipinski definition) is 5. The van der Waals surface area contributed by atoms with Gasteiger partial charge in [-0.1, -0.05) is 62.2 Å². The molecule has 7 heteroatoms. The molecule has 0 fully saturated rings. The minimum atomic E-state index is -0.502. The monoisotopic (exact) mass is 468 g/mol. The lowest BCUT2D eigenvalue weighted by Gasteiger charge is -2.14. The molecule has 0 saturated heterocycles. The first-order valence-corrected chi connectivity index (χ1v) is 11.9. The molecule has 0 radical (unpaired) electrons. The molecule has 0 spiro atoms. The number of carbonyl (C=O) groups excluding carboxylic acids is 1. The van der Waals surface area contributed by atoms with E-state index in [-0.39, 0.29) is 17.7 Å². The predicted molar refractivity (Wildman–Crippen MR) is 134 cm³/mol. The lowest BCUT2D eigenvalue weighted by molar-refractivity contribution is 0.0528. The fraction of sp³-hybridized carbons (Fsp3) is 0.286. The Morgan fingerprint density at radius 3 is 2.57 bits per heavy atom. The molecule has 7 nitrogen and oxygen atoms in total. The molecule has 0 aliphatic carbocycles. The molecule has 0 aliphatic rings. The topological polar surface area (TPSA) is 89.4 Å². The van der Waals surface area contributed by atoms with E-state index in [4.69, 9.17) is 4.74 Å². The van der Waals surface area contributed by atoms with Crippen LogP contribution in [0.3, 0.4) is 0 Å². The lowest BCUT2D eigenvalue weighted by Crippen LogP contribution is -2.24. The summed E-state index contributed by atoms with van der Waals surface area (Å²) < 4.78 is 8.42. The molecule has 0 aliphatic heterocycles. The van der Waals surface area contributed by atoms with E-state index in [0.29, 0.717) is 29.7 Å². The standard InChI is InChI=1S/C28H28N4O3/c1-3-5-6-10-23-19-31(26-25(28(34)35-4-2)17-30-32(26)27(23)33)18-20-12-14-21(15-13-20)24-11-8-7-9-22(24)16-29/h7-9,11-15,17,19H,3-6,10,18H2,1-2H3. The van der Waals surface area contributed by atoms with Crippen molar-refractivity contribution in [3.8, 4) is 17.2 Å². The predicted octanol–water partition coefficient (Wildman–Crippen LogP) is 4.99. The summed E-state index contributed by atoms with van der Waals surface area (Å²) >= 11 is 0. The number of benzene rings is 2. The van der Waals surface area contributed by atoms with Crippen molar-refractivity contribution in [2.45, 2.75) is 46.1 Å². The van der Waals surface area contributed by atoms with Crippen LogP contribution in [0.25, 0.3) is 16.8 Å². The van der Waals surface area contributed by atoms with E-state index in [1.54, 1.807) is 13.0 Å². The van der Waals surface area contributed by atoms with Gasteiger partial charge in [0.25, 0.3) is 5.56 Å². The molecule has 4 aromatic rings. The highest BCUT2D eigenvalue weighted by molar-refractivity contribution is 5.95. The number of aromatic nitrogens is 3. The smallest absolute Gasteiger partial charge is 0.343 e. The van der Waals surface area contributed by atoms with Gasteiger partial charge in [-0.3, -0.25) is 4.79 Å². The van der Waals surface area contributed by atoms with Crippen LogP contribution in [-0.4, -0.2) is 26.8 Å². The molecule has 0 amide bonds. The Balaban J connectivity index is 1.74. The minimum absolute atomic E-state index is 0.202. The molecular formula is C28H28N4O3. The molecule has 2 aromatic carbocycles. The van der Waals surface area contributed by atoms with Gasteiger partial charge in [-0.2, -0.15) is 14.9 Å². The van der Waals surface area contributed by atoms with E-state index < -0.39 is 5.97 Å². The van der Waals surface area contributed by atoms with Gasteiger partial charge in [0.05, 0.1) is 24.4 Å². The summed E-state index contributed by atoms with van der Waals surface area (Å²) in [6.07, 6.45) is 6.92. The number of unbranched alkanes of at least 4 members (excludes halogenated alkanes) is 2. The number of nitrogens with zero attached hydrogens (tertiary/aromatic N) is 4. The second kappa shape index (κ2) is 10.8. The number of rotatable bonds is 9. The summed E-state index contributed by atoms with van der Waals surface area (Å²) in [7, 11) is 0. The minimum Gasteiger partial charge on any atom is -0.462 e. The Morgan fingerprint density at radius 1 is 1.09 bits per heavy atom. The van der Waals surface area contributed by atoms with Gasteiger partial charge in [-0.05, 0) is 42.5 Å². The quantitative estimate of drug-likeness (QED) is 0.255. The van der Waals surface area contributed by atoms with E-state index >= 15 is 0 Å². The van der Waals surface area contributed by atoms with E-state index in [1.807, 2.05) is 53.2 Å². The molecule has 2 aromatic heterocycles. The highest BCUT2D eigenvalue weighted by Crippen LogP contribution is 2.24. The van der Waals surface area contributed by atoms with E-state index in [9.17, 15) is 14.9 Å². The molecular weight excluding hydrogens is 440 g/mol. The van der Waals surface area contributed by atoms with Crippen molar-refractivity contribution in [1.29, 1.82) is 5.26 Å². The van der Waals surface area contributed by atoms with Gasteiger partial charge in [-0.15, -0.1) is 0 Å². The summed E-state index contributed by atoms with van der Waals surface area (Å²) in [5, 5.41) is 13.7. The first-order chi connectivity index (χ1) is 17.1. The van der Waals surface area contributed by atoms with Crippen molar-refractivity contribution in [3.63, 3.8) is 0 Å². The van der Waals surface area contributed by atoms with Crippen LogP contribution in [0, 0.1) is 11.3 Å². The third kappa shape index (κ3) is 5.02. The van der Waals surface area contributed by atoms with Gasteiger partial charge in [0.15, 0.2) is 5.65 Å². The van der Waals surface area contributed by atoms with Gasteiger partial charge in [-0.25, -0.2) is 4.79 Å². The summed E-state index contributed by atoms with van der Waals surface area (Å²) in [6.45, 7) is 4.55. The Hall–Kier alpha value is -4.18. The lowest BCUT2D eigenvalue weighted by atomic mass is 9.99. The van der Waals surface area contributed by atoms with Crippen LogP contribution >= 0.6 is 0 Å². The van der Waals surface area contributed by atoms with Gasteiger partial charge in [0, 0.05) is 18.3 Å². The average Bonchev–Trinajstić information content (AvgIpc) is 3.33. The van der Waals surface area contributed by atoms with Crippen LogP contribution in [0.1, 0.15) is 60.2 Å². The Morgan fingerprint density at radius 2 is 1.86 bits per heavy atom. The van der Waals surface area contributed by atoms with E-state index in [2.05, 4.69) is 18.1 Å². The normalized spacial score (nSPS) is 10.9. The van der Waals surface area contributed by atoms with Crippen molar-refractivity contribution < 1.29 is 9.53 Å². The molecule has 4 rings (SSSR count). The number of fused-ring (bicyclic) bond motifs is 1. The SMILES string of the molecule is CCCCCc1cn(Cc2ccc(-c3ccccc3C#N)cc2)c2c(C(=O)OCC)cnn2c1=O. The zero-order valence-corrected chi connectivity index (χ0v) is 20.0. The molecule has 0 atom stereocenters. The van der Waals surface area contributed by atoms with Crippen molar-refractivity contribution >= 4 is 11.6 Å². The Kier molecular flexibility index (Phi) is 7.41. The van der Waals surface area contributed by atoms with Crippen LogP contribution in [0.4, 0.5) is 0 Å². The van der Waals surface area contributed by atoms with Crippen molar-refractivity contribution in [2.24, 2.45) is 0 Å². The van der Waals surface area contributed by atoms with Gasteiger partial charge in [0.2, 0.25) is 0 Å². The maximum Gasteiger partial charge on any atom is 0.343 e. The Bertz CT molecular complexity index is 1440. The van der Waals surface area contributed by atoms with Gasteiger partial charge < -0.3 is 9.30 Å². The zero-order valence-electron chi connectivity index (χ0n) is 20.0. The second-order valence-corrected chi connectivity index (χ2v) is 8.41. The van der Waals surface area contributed by atoms with Crippen molar-refractivity contribution in [2.75, 3.05) is 6.61 Å². The van der Waals surface area contributed by atoms with Crippen LogP contribution in [0.15, 0.2) is 65.7 Å². The number of carbonyl (C=O) groups is 1. The number of ether oxygens (including phenoxy) is 1. The highest BCUT2D eigenvalue weighted by Gasteiger charge is 2.20. The number of nitriles is 1. The Labute approximate surface area is 204 Å². The summed E-state index contributed by atoms with van der Waals surface area (Å²) in [5.41, 5.74) is 4.60. The average molecular weight is 469 g/mol. The van der Waals surface area contributed by atoms with Crippen LogP contribution < -0.4 is 5.56 Å². The third-order valence-corrected chi connectivity index (χ3v) is 6.01. The molecule has 178 valence electrons. The first-order valence-electron chi connectivity index (χ1n) is 11.9.